The van der Waals surface area contributed by atoms with Gasteiger partial charge in [-0.15, -0.1) is 0 Å². The van der Waals surface area contributed by atoms with Crippen molar-refractivity contribution >= 4 is 5.96 Å². The van der Waals surface area contributed by atoms with Gasteiger partial charge >= 0.3 is 5.69 Å². The van der Waals surface area contributed by atoms with Crippen LogP contribution in [-0.4, -0.2) is 54.2 Å². The number of aromatic nitrogens is 3. The second-order valence-electron chi connectivity index (χ2n) is 5.66. The van der Waals surface area contributed by atoms with Gasteiger partial charge in [0.2, 0.25) is 0 Å². The Hall–Kier alpha value is -1.83. The van der Waals surface area contributed by atoms with Gasteiger partial charge in [0.05, 0.1) is 0 Å². The van der Waals surface area contributed by atoms with Crippen LogP contribution in [0.3, 0.4) is 0 Å². The molecule has 1 aliphatic heterocycles. The number of aliphatic imine (C=N–C) groups is 1. The van der Waals surface area contributed by atoms with Gasteiger partial charge in [0, 0.05) is 53.4 Å². The van der Waals surface area contributed by atoms with E-state index in [1.165, 1.54) is 0 Å². The molecule has 0 saturated carbocycles. The van der Waals surface area contributed by atoms with E-state index in [1.54, 1.807) is 18.8 Å². The van der Waals surface area contributed by atoms with E-state index < -0.39 is 0 Å². The van der Waals surface area contributed by atoms with Crippen molar-refractivity contribution in [2.75, 3.05) is 33.9 Å². The summed E-state index contributed by atoms with van der Waals surface area (Å²) in [5.74, 6) is 1.71. The number of rotatable bonds is 8. The third-order valence-corrected chi connectivity index (χ3v) is 3.91. The molecule has 0 unspecified atom stereocenters. The summed E-state index contributed by atoms with van der Waals surface area (Å²) in [6, 6.07) is 0. The molecular formula is C15H28N6O2. The Kier molecular flexibility index (Phi) is 7.12. The average Bonchev–Trinajstić information content (AvgIpc) is 2.90. The average molecular weight is 324 g/mol. The summed E-state index contributed by atoms with van der Waals surface area (Å²) >= 11 is 0. The van der Waals surface area contributed by atoms with E-state index in [2.05, 4.69) is 20.7 Å². The summed E-state index contributed by atoms with van der Waals surface area (Å²) in [5.41, 5.74) is 0.0294. The number of hydrogen-bond acceptors (Lipinski definition) is 4. The summed E-state index contributed by atoms with van der Waals surface area (Å²) in [6.45, 7) is 3.74. The molecule has 0 radical (unpaired) electrons. The topological polar surface area (TPSA) is 85.5 Å². The van der Waals surface area contributed by atoms with Gasteiger partial charge in [0.15, 0.2) is 5.96 Å². The molecule has 0 bridgehead atoms. The summed E-state index contributed by atoms with van der Waals surface area (Å²) < 4.78 is 8.42. The highest BCUT2D eigenvalue weighted by atomic mass is 16.5. The number of nitrogens with zero attached hydrogens (tertiary/aromatic N) is 4. The van der Waals surface area contributed by atoms with Crippen LogP contribution in [0, 0.1) is 0 Å². The van der Waals surface area contributed by atoms with Crippen LogP contribution >= 0.6 is 0 Å². The van der Waals surface area contributed by atoms with Gasteiger partial charge in [-0.2, -0.15) is 5.10 Å². The maximum atomic E-state index is 12.2. The first-order valence-corrected chi connectivity index (χ1v) is 8.36. The van der Waals surface area contributed by atoms with Gasteiger partial charge in [-0.1, -0.05) is 0 Å². The van der Waals surface area contributed by atoms with Crippen LogP contribution in [0.5, 0.6) is 0 Å². The van der Waals surface area contributed by atoms with E-state index in [9.17, 15) is 4.79 Å². The van der Waals surface area contributed by atoms with Crippen LogP contribution < -0.4 is 16.3 Å². The van der Waals surface area contributed by atoms with Crippen molar-refractivity contribution in [1.29, 1.82) is 0 Å². The van der Waals surface area contributed by atoms with Gasteiger partial charge in [0.25, 0.3) is 0 Å². The molecule has 23 heavy (non-hydrogen) atoms. The zero-order valence-electron chi connectivity index (χ0n) is 14.2. The molecular weight excluding hydrogens is 296 g/mol. The second kappa shape index (κ2) is 9.34. The lowest BCUT2D eigenvalue weighted by Crippen LogP contribution is -2.39. The Morgan fingerprint density at radius 3 is 2.78 bits per heavy atom. The largest absolute Gasteiger partial charge is 0.385 e. The molecule has 2 rings (SSSR count). The number of nitrogens with one attached hydrogen (secondary N) is 2. The standard InChI is InChI=1S/C15H28N6O2/c1-16-14(18-9-6-12-23-2)17-8-5-11-21-15(22)20-10-4-3-7-13(20)19-21/h3-12H2,1-2H3,(H2,16,17,18). The highest BCUT2D eigenvalue weighted by Crippen LogP contribution is 2.09. The predicted molar refractivity (Wildman–Crippen MR) is 89.9 cm³/mol. The first kappa shape index (κ1) is 17.5. The lowest BCUT2D eigenvalue weighted by Gasteiger charge is -2.11. The molecule has 130 valence electrons. The van der Waals surface area contributed by atoms with Gasteiger partial charge in [-0.3, -0.25) is 9.56 Å². The monoisotopic (exact) mass is 324 g/mol. The van der Waals surface area contributed by atoms with Gasteiger partial charge < -0.3 is 15.4 Å². The molecule has 1 aliphatic rings. The van der Waals surface area contributed by atoms with E-state index in [0.717, 1.165) is 70.1 Å². The fraction of sp³-hybridized carbons (Fsp3) is 0.800. The van der Waals surface area contributed by atoms with Crippen LogP contribution in [0.4, 0.5) is 0 Å². The molecule has 8 nitrogen and oxygen atoms in total. The molecule has 0 spiro atoms. The van der Waals surface area contributed by atoms with Gasteiger partial charge in [-0.05, 0) is 25.7 Å². The van der Waals surface area contributed by atoms with Crippen LogP contribution in [-0.2, 0) is 24.2 Å². The van der Waals surface area contributed by atoms with Crippen LogP contribution in [0.15, 0.2) is 9.79 Å². The van der Waals surface area contributed by atoms with Gasteiger partial charge in [-0.25, -0.2) is 9.48 Å². The third kappa shape index (κ3) is 5.09. The molecule has 0 atom stereocenters. The molecule has 2 heterocycles. The third-order valence-electron chi connectivity index (χ3n) is 3.91. The smallest absolute Gasteiger partial charge is 0.345 e. The van der Waals surface area contributed by atoms with Crippen LogP contribution in [0.25, 0.3) is 0 Å². The van der Waals surface area contributed by atoms with Crippen molar-refractivity contribution in [3.63, 3.8) is 0 Å². The maximum absolute atomic E-state index is 12.2. The Morgan fingerprint density at radius 2 is 2.09 bits per heavy atom. The van der Waals surface area contributed by atoms with Crippen molar-refractivity contribution in [2.24, 2.45) is 4.99 Å². The molecule has 0 aliphatic carbocycles. The molecule has 1 aromatic rings. The van der Waals surface area contributed by atoms with Crippen molar-refractivity contribution in [3.05, 3.63) is 16.3 Å². The van der Waals surface area contributed by atoms with E-state index in [0.29, 0.717) is 6.54 Å². The summed E-state index contributed by atoms with van der Waals surface area (Å²) in [5, 5.41) is 10.9. The number of fused-ring (bicyclic) bond motifs is 1. The van der Waals surface area contributed by atoms with Crippen LogP contribution in [0.2, 0.25) is 0 Å². The first-order chi connectivity index (χ1) is 11.3. The molecule has 0 amide bonds. The normalized spacial score (nSPS) is 14.6. The number of methoxy groups -OCH3 is 1. The zero-order chi connectivity index (χ0) is 16.5. The fourth-order valence-electron chi connectivity index (χ4n) is 2.67. The molecule has 0 saturated heterocycles. The highest BCUT2D eigenvalue weighted by molar-refractivity contribution is 5.79. The Labute approximate surface area is 136 Å². The molecule has 0 fully saturated rings. The summed E-state index contributed by atoms with van der Waals surface area (Å²) in [4.78, 5) is 16.4. The van der Waals surface area contributed by atoms with Crippen molar-refractivity contribution < 1.29 is 4.74 Å². The maximum Gasteiger partial charge on any atom is 0.345 e. The Bertz CT molecular complexity index is 563. The number of aryl methyl sites for hydroxylation is 2. The van der Waals surface area contributed by atoms with E-state index in [1.807, 2.05) is 4.57 Å². The van der Waals surface area contributed by atoms with Crippen molar-refractivity contribution in [1.82, 2.24) is 25.0 Å². The Morgan fingerprint density at radius 1 is 1.30 bits per heavy atom. The number of guanidine groups is 1. The predicted octanol–water partition coefficient (Wildman–Crippen LogP) is -0.0273. The minimum Gasteiger partial charge on any atom is -0.385 e. The summed E-state index contributed by atoms with van der Waals surface area (Å²) in [7, 11) is 3.45. The van der Waals surface area contributed by atoms with E-state index in [-0.39, 0.29) is 5.69 Å². The van der Waals surface area contributed by atoms with E-state index >= 15 is 0 Å². The van der Waals surface area contributed by atoms with Crippen molar-refractivity contribution in [3.8, 4) is 0 Å². The minimum absolute atomic E-state index is 0.0294. The van der Waals surface area contributed by atoms with E-state index in [4.69, 9.17) is 4.74 Å². The zero-order valence-corrected chi connectivity index (χ0v) is 14.2. The molecule has 2 N–H and O–H groups in total. The lowest BCUT2D eigenvalue weighted by atomic mass is 10.2. The molecule has 1 aromatic heterocycles. The fourth-order valence-corrected chi connectivity index (χ4v) is 2.67. The first-order valence-electron chi connectivity index (χ1n) is 8.36. The quantitative estimate of drug-likeness (QED) is 0.398. The second-order valence-corrected chi connectivity index (χ2v) is 5.66. The van der Waals surface area contributed by atoms with Gasteiger partial charge in [0.1, 0.15) is 5.82 Å². The number of hydrogen-bond donors (Lipinski definition) is 2. The SMILES string of the molecule is CN=C(NCCCOC)NCCCn1nc2n(c1=O)CCCC2. The highest BCUT2D eigenvalue weighted by Gasteiger charge is 2.16. The molecule has 0 aromatic carbocycles. The Balaban J connectivity index is 1.70. The number of ether oxygens (including phenoxy) is 1. The molecule has 8 heteroatoms. The minimum atomic E-state index is 0.0294. The van der Waals surface area contributed by atoms with Crippen molar-refractivity contribution in [2.45, 2.75) is 45.2 Å². The van der Waals surface area contributed by atoms with Crippen LogP contribution in [0.1, 0.15) is 31.5 Å². The lowest BCUT2D eigenvalue weighted by molar-refractivity contribution is 0.195. The summed E-state index contributed by atoms with van der Waals surface area (Å²) in [6.07, 6.45) is 4.88.